The number of carbonyl (C=O) groups is 2. The van der Waals surface area contributed by atoms with Crippen LogP contribution in [0, 0.1) is 28.6 Å². The molecule has 122 valence electrons. The molecule has 0 bridgehead atoms. The molecule has 0 aromatic heterocycles. The summed E-state index contributed by atoms with van der Waals surface area (Å²) in [7, 11) is 0. The Labute approximate surface area is 132 Å². The highest BCUT2D eigenvalue weighted by molar-refractivity contribution is 5.88. The van der Waals surface area contributed by atoms with Crippen molar-refractivity contribution >= 4 is 11.6 Å². The summed E-state index contributed by atoms with van der Waals surface area (Å²) in [5.41, 5.74) is -1.11. The van der Waals surface area contributed by atoms with Gasteiger partial charge in [0, 0.05) is 19.3 Å². The van der Waals surface area contributed by atoms with E-state index < -0.39 is 11.0 Å². The number of Topliss-reactive ketones (excluding diaryl/α,β-unsaturated/α-hetero) is 2. The molecule has 0 aliphatic heterocycles. The third kappa shape index (κ3) is 1.61. The minimum absolute atomic E-state index is 0.194. The number of rotatable bonds is 0. The molecule has 3 nitrogen and oxygen atoms in total. The number of hydrogen-bond acceptors (Lipinski definition) is 3. The van der Waals surface area contributed by atoms with E-state index in [1.165, 1.54) is 0 Å². The van der Waals surface area contributed by atoms with Crippen molar-refractivity contribution in [2.75, 3.05) is 0 Å². The van der Waals surface area contributed by atoms with Crippen molar-refractivity contribution < 1.29 is 14.7 Å². The Kier molecular flexibility index (Phi) is 3.00. The highest BCUT2D eigenvalue weighted by Crippen LogP contribution is 2.66. The molecule has 4 saturated carbocycles. The van der Waals surface area contributed by atoms with Gasteiger partial charge in [-0.15, -0.1) is 0 Å². The van der Waals surface area contributed by atoms with Gasteiger partial charge in [-0.1, -0.05) is 6.92 Å². The molecule has 22 heavy (non-hydrogen) atoms. The lowest BCUT2D eigenvalue weighted by atomic mass is 9.44. The van der Waals surface area contributed by atoms with Crippen LogP contribution in [0.3, 0.4) is 0 Å². The lowest BCUT2D eigenvalue weighted by Gasteiger charge is -2.61. The lowest BCUT2D eigenvalue weighted by Crippen LogP contribution is -2.62. The molecule has 0 heterocycles. The fraction of sp³-hybridized carbons (Fsp3) is 0.895. The summed E-state index contributed by atoms with van der Waals surface area (Å²) in [4.78, 5) is 24.3. The van der Waals surface area contributed by atoms with Crippen LogP contribution in [0.4, 0.5) is 0 Å². The van der Waals surface area contributed by atoms with Crippen LogP contribution in [0.15, 0.2) is 0 Å². The molecule has 0 aromatic rings. The van der Waals surface area contributed by atoms with Crippen LogP contribution >= 0.6 is 0 Å². The second-order valence-electron chi connectivity index (χ2n) is 8.95. The average molecular weight is 304 g/mol. The van der Waals surface area contributed by atoms with Crippen molar-refractivity contribution in [3.63, 3.8) is 0 Å². The summed E-state index contributed by atoms with van der Waals surface area (Å²) in [5, 5.41) is 11.5. The van der Waals surface area contributed by atoms with Gasteiger partial charge in [-0.25, -0.2) is 0 Å². The van der Waals surface area contributed by atoms with E-state index in [9.17, 15) is 14.7 Å². The predicted octanol–water partition coefficient (Wildman–Crippen LogP) is 3.28. The summed E-state index contributed by atoms with van der Waals surface area (Å²) in [6, 6.07) is 0. The van der Waals surface area contributed by atoms with Crippen LogP contribution < -0.4 is 0 Å². The quantitative estimate of drug-likeness (QED) is 0.747. The monoisotopic (exact) mass is 304 g/mol. The molecule has 0 aromatic carbocycles. The summed E-state index contributed by atoms with van der Waals surface area (Å²) in [5.74, 6) is 1.95. The zero-order valence-electron chi connectivity index (χ0n) is 13.9. The molecular formula is C19H28O3. The van der Waals surface area contributed by atoms with Gasteiger partial charge in [0.25, 0.3) is 0 Å². The Balaban J connectivity index is 1.71. The molecule has 0 saturated heterocycles. The van der Waals surface area contributed by atoms with Gasteiger partial charge >= 0.3 is 0 Å². The standard InChI is InChI=1S/C19H28O3/c1-17-8-5-13(20)11-12(17)3-4-15-14(17)6-9-18(2)16(21)7-10-19(15,18)22/h12,14-15,22H,3-11H2,1-2H3/t12-,14-,15-,17-,18-,19+/m0/s1. The first kappa shape index (κ1) is 14.9. The molecule has 4 fully saturated rings. The first-order valence-corrected chi connectivity index (χ1v) is 9.09. The van der Waals surface area contributed by atoms with Crippen molar-refractivity contribution in [1.82, 2.24) is 0 Å². The second kappa shape index (κ2) is 4.43. The normalized spacial score (nSPS) is 54.6. The molecule has 4 aliphatic rings. The first-order chi connectivity index (χ1) is 10.3. The Morgan fingerprint density at radius 3 is 2.50 bits per heavy atom. The van der Waals surface area contributed by atoms with Crippen LogP contribution in [0.5, 0.6) is 0 Å². The minimum Gasteiger partial charge on any atom is -0.389 e. The molecule has 1 N–H and O–H groups in total. The maximum atomic E-state index is 12.4. The third-order valence-electron chi connectivity index (χ3n) is 8.38. The molecule has 0 spiro atoms. The van der Waals surface area contributed by atoms with Gasteiger partial charge in [0.2, 0.25) is 0 Å². The van der Waals surface area contributed by atoms with Crippen LogP contribution in [0.25, 0.3) is 0 Å². The zero-order chi connectivity index (χ0) is 15.8. The van der Waals surface area contributed by atoms with E-state index in [1.54, 1.807) is 0 Å². The Morgan fingerprint density at radius 1 is 0.955 bits per heavy atom. The van der Waals surface area contributed by atoms with Crippen LogP contribution in [-0.2, 0) is 9.59 Å². The molecule has 4 rings (SSSR count). The highest BCUT2D eigenvalue weighted by atomic mass is 16.3. The largest absolute Gasteiger partial charge is 0.389 e. The van der Waals surface area contributed by atoms with E-state index in [1.807, 2.05) is 6.92 Å². The number of fused-ring (bicyclic) bond motifs is 5. The van der Waals surface area contributed by atoms with E-state index in [4.69, 9.17) is 0 Å². The molecule has 6 atom stereocenters. The lowest BCUT2D eigenvalue weighted by molar-refractivity contribution is -0.197. The summed E-state index contributed by atoms with van der Waals surface area (Å²) in [6.07, 6.45) is 7.58. The Hall–Kier alpha value is -0.700. The number of carbonyl (C=O) groups excluding carboxylic acids is 2. The van der Waals surface area contributed by atoms with Crippen molar-refractivity contribution in [2.45, 2.75) is 77.2 Å². The van der Waals surface area contributed by atoms with Gasteiger partial charge < -0.3 is 5.11 Å². The third-order valence-corrected chi connectivity index (χ3v) is 8.38. The van der Waals surface area contributed by atoms with Gasteiger partial charge in [0.1, 0.15) is 11.6 Å². The molecule has 4 aliphatic carbocycles. The SMILES string of the molecule is C[C@]12CCC(=O)C[C@@H]1CC[C@H]1[C@@H]2CC[C@@]2(C)C(=O)CC[C@@]12O. The van der Waals surface area contributed by atoms with Gasteiger partial charge in [-0.3, -0.25) is 9.59 Å². The van der Waals surface area contributed by atoms with Gasteiger partial charge in [-0.2, -0.15) is 0 Å². The van der Waals surface area contributed by atoms with Crippen LogP contribution in [0.2, 0.25) is 0 Å². The van der Waals surface area contributed by atoms with Gasteiger partial charge in [-0.05, 0) is 68.6 Å². The van der Waals surface area contributed by atoms with Crippen LogP contribution in [-0.4, -0.2) is 22.3 Å². The summed E-state index contributed by atoms with van der Waals surface area (Å²) >= 11 is 0. The Bertz CT molecular complexity index is 541. The van der Waals surface area contributed by atoms with Gasteiger partial charge in [0.05, 0.1) is 11.0 Å². The van der Waals surface area contributed by atoms with E-state index in [0.29, 0.717) is 36.9 Å². The van der Waals surface area contributed by atoms with Crippen molar-refractivity contribution in [1.29, 1.82) is 0 Å². The highest BCUT2D eigenvalue weighted by Gasteiger charge is 2.67. The zero-order valence-corrected chi connectivity index (χ0v) is 13.9. The van der Waals surface area contributed by atoms with Crippen molar-refractivity contribution in [2.24, 2.45) is 28.6 Å². The molecule has 0 amide bonds. The van der Waals surface area contributed by atoms with Crippen molar-refractivity contribution in [3.05, 3.63) is 0 Å². The topological polar surface area (TPSA) is 54.4 Å². The van der Waals surface area contributed by atoms with E-state index in [2.05, 4.69) is 6.92 Å². The molecule has 0 radical (unpaired) electrons. The summed E-state index contributed by atoms with van der Waals surface area (Å²) in [6.45, 7) is 4.38. The predicted molar refractivity (Wildman–Crippen MR) is 83.2 cm³/mol. The van der Waals surface area contributed by atoms with Crippen LogP contribution in [0.1, 0.15) is 71.6 Å². The number of ketones is 2. The first-order valence-electron chi connectivity index (χ1n) is 9.09. The average Bonchev–Trinajstić information content (AvgIpc) is 2.72. The minimum atomic E-state index is -0.789. The number of hydrogen-bond donors (Lipinski definition) is 1. The fourth-order valence-corrected chi connectivity index (χ4v) is 6.78. The summed E-state index contributed by atoms with van der Waals surface area (Å²) < 4.78 is 0. The maximum Gasteiger partial charge on any atom is 0.141 e. The number of aliphatic hydroxyl groups is 1. The molecular weight excluding hydrogens is 276 g/mol. The molecule has 3 heteroatoms. The van der Waals surface area contributed by atoms with Crippen molar-refractivity contribution in [3.8, 4) is 0 Å². The van der Waals surface area contributed by atoms with E-state index >= 15 is 0 Å². The second-order valence-corrected chi connectivity index (χ2v) is 8.95. The smallest absolute Gasteiger partial charge is 0.141 e. The van der Waals surface area contributed by atoms with E-state index in [0.717, 1.165) is 38.5 Å². The van der Waals surface area contributed by atoms with E-state index in [-0.39, 0.29) is 17.1 Å². The molecule has 0 unspecified atom stereocenters. The Morgan fingerprint density at radius 2 is 1.73 bits per heavy atom. The fourth-order valence-electron chi connectivity index (χ4n) is 6.78. The van der Waals surface area contributed by atoms with Gasteiger partial charge in [0.15, 0.2) is 0 Å². The maximum absolute atomic E-state index is 12.4.